The first kappa shape index (κ1) is 9.09. The van der Waals surface area contributed by atoms with Crippen LogP contribution in [0.15, 0.2) is 41.2 Å². The smallest absolute Gasteiger partial charge is 0.186 e. The minimum absolute atomic E-state index is 0.0810. The molecule has 0 aliphatic carbocycles. The predicted molar refractivity (Wildman–Crippen MR) is 56.6 cm³/mol. The number of aromatic nitrogens is 1. The van der Waals surface area contributed by atoms with E-state index in [4.69, 9.17) is 0 Å². The lowest BCUT2D eigenvalue weighted by Gasteiger charge is -1.97. The van der Waals surface area contributed by atoms with Crippen LogP contribution < -0.4 is 0 Å². The number of benzene rings is 1. The molecule has 2 nitrogen and oxygen atoms in total. The number of nitrogens with zero attached hydrogens (tertiary/aromatic N) is 1. The Morgan fingerprint density at radius 1 is 1.29 bits per heavy atom. The summed E-state index contributed by atoms with van der Waals surface area (Å²) in [6.07, 6.45) is 0.435. The molecule has 0 radical (unpaired) electrons. The molecule has 0 saturated carbocycles. The summed E-state index contributed by atoms with van der Waals surface area (Å²) in [4.78, 5) is 15.6. The van der Waals surface area contributed by atoms with Crippen LogP contribution in [-0.4, -0.2) is 10.8 Å². The normalized spacial score (nSPS) is 10.0. The van der Waals surface area contributed by atoms with E-state index in [2.05, 4.69) is 4.98 Å². The molecule has 0 saturated heterocycles. The average molecular weight is 203 g/mol. The summed E-state index contributed by atoms with van der Waals surface area (Å²) in [5.41, 5.74) is 3.28. The molecule has 0 aliphatic heterocycles. The molecule has 0 spiro atoms. The van der Waals surface area contributed by atoms with Gasteiger partial charge in [-0.1, -0.05) is 30.3 Å². The molecule has 0 N–H and O–H groups in total. The van der Waals surface area contributed by atoms with Crippen LogP contribution in [-0.2, 0) is 6.42 Å². The van der Waals surface area contributed by atoms with Crippen molar-refractivity contribution in [3.63, 3.8) is 0 Å². The molecule has 1 aromatic carbocycles. The number of Topliss-reactive ketones (excluding diaryl/α,β-unsaturated/α-hetero) is 1. The van der Waals surface area contributed by atoms with Gasteiger partial charge in [0.15, 0.2) is 5.78 Å². The fourth-order valence-corrected chi connectivity index (χ4v) is 1.78. The maximum absolute atomic E-state index is 11.6. The molecule has 0 aliphatic rings. The lowest BCUT2D eigenvalue weighted by molar-refractivity contribution is 0.0989. The van der Waals surface area contributed by atoms with Gasteiger partial charge < -0.3 is 0 Å². The topological polar surface area (TPSA) is 30.0 Å². The van der Waals surface area contributed by atoms with Crippen molar-refractivity contribution >= 4 is 17.1 Å². The molecular weight excluding hydrogens is 194 g/mol. The van der Waals surface area contributed by atoms with Crippen molar-refractivity contribution in [3.8, 4) is 0 Å². The van der Waals surface area contributed by atoms with Crippen molar-refractivity contribution in [2.75, 3.05) is 0 Å². The van der Waals surface area contributed by atoms with Crippen molar-refractivity contribution in [1.82, 2.24) is 4.98 Å². The molecule has 2 aromatic rings. The minimum Gasteiger partial charge on any atom is -0.292 e. The maximum Gasteiger partial charge on any atom is 0.186 e. The van der Waals surface area contributed by atoms with Crippen LogP contribution in [0.3, 0.4) is 0 Å². The molecule has 0 amide bonds. The van der Waals surface area contributed by atoms with Crippen LogP contribution in [0.1, 0.15) is 16.1 Å². The zero-order valence-electron chi connectivity index (χ0n) is 7.51. The quantitative estimate of drug-likeness (QED) is 0.717. The zero-order valence-corrected chi connectivity index (χ0v) is 8.33. The third-order valence-corrected chi connectivity index (χ3v) is 2.51. The van der Waals surface area contributed by atoms with E-state index in [-0.39, 0.29) is 5.78 Å². The van der Waals surface area contributed by atoms with Gasteiger partial charge in [0.1, 0.15) is 5.69 Å². The van der Waals surface area contributed by atoms with Crippen molar-refractivity contribution in [3.05, 3.63) is 52.5 Å². The molecule has 0 atom stereocenters. The van der Waals surface area contributed by atoms with Gasteiger partial charge in [0.05, 0.1) is 5.51 Å². The monoisotopic (exact) mass is 203 g/mol. The predicted octanol–water partition coefficient (Wildman–Crippen LogP) is 2.57. The molecule has 0 unspecified atom stereocenters. The van der Waals surface area contributed by atoms with Crippen LogP contribution in [0.25, 0.3) is 0 Å². The van der Waals surface area contributed by atoms with Gasteiger partial charge in [0.2, 0.25) is 0 Å². The van der Waals surface area contributed by atoms with Crippen molar-refractivity contribution in [2.24, 2.45) is 0 Å². The number of hydrogen-bond donors (Lipinski definition) is 0. The average Bonchev–Trinajstić information content (AvgIpc) is 2.72. The first-order chi connectivity index (χ1) is 6.86. The zero-order chi connectivity index (χ0) is 9.80. The Kier molecular flexibility index (Phi) is 2.70. The number of hydrogen-bond acceptors (Lipinski definition) is 3. The molecule has 3 heteroatoms. The molecule has 1 aromatic heterocycles. The first-order valence-corrected chi connectivity index (χ1v) is 5.26. The first-order valence-electron chi connectivity index (χ1n) is 4.31. The molecule has 0 bridgehead atoms. The van der Waals surface area contributed by atoms with E-state index in [9.17, 15) is 4.79 Å². The number of thiazole rings is 1. The highest BCUT2D eigenvalue weighted by molar-refractivity contribution is 7.07. The summed E-state index contributed by atoms with van der Waals surface area (Å²) in [5, 5.41) is 1.78. The third kappa shape index (κ3) is 2.06. The summed E-state index contributed by atoms with van der Waals surface area (Å²) in [6.45, 7) is 0. The Balaban J connectivity index is 2.10. The van der Waals surface area contributed by atoms with Gasteiger partial charge in [-0.3, -0.25) is 4.79 Å². The van der Waals surface area contributed by atoms with Crippen LogP contribution in [0.5, 0.6) is 0 Å². The van der Waals surface area contributed by atoms with Crippen LogP contribution >= 0.6 is 11.3 Å². The maximum atomic E-state index is 11.6. The number of ketones is 1. The van der Waals surface area contributed by atoms with E-state index in [1.165, 1.54) is 11.3 Å². The Bertz CT molecular complexity index is 408. The van der Waals surface area contributed by atoms with Gasteiger partial charge in [-0.2, -0.15) is 0 Å². The second-order valence-corrected chi connectivity index (χ2v) is 3.68. The van der Waals surface area contributed by atoms with Crippen molar-refractivity contribution in [2.45, 2.75) is 6.42 Å². The van der Waals surface area contributed by atoms with Gasteiger partial charge in [0.25, 0.3) is 0 Å². The van der Waals surface area contributed by atoms with Gasteiger partial charge in [-0.25, -0.2) is 4.98 Å². The lowest BCUT2D eigenvalue weighted by atomic mass is 10.1. The van der Waals surface area contributed by atoms with Gasteiger partial charge in [-0.15, -0.1) is 11.3 Å². The van der Waals surface area contributed by atoms with Crippen molar-refractivity contribution in [1.29, 1.82) is 0 Å². The van der Waals surface area contributed by atoms with Crippen LogP contribution in [0.4, 0.5) is 0 Å². The summed E-state index contributed by atoms with van der Waals surface area (Å²) < 4.78 is 0. The van der Waals surface area contributed by atoms with Crippen LogP contribution in [0.2, 0.25) is 0 Å². The Hall–Kier alpha value is -1.48. The Morgan fingerprint density at radius 3 is 2.71 bits per heavy atom. The number of rotatable bonds is 3. The highest BCUT2D eigenvalue weighted by atomic mass is 32.1. The molecule has 0 fully saturated rings. The molecule has 14 heavy (non-hydrogen) atoms. The van der Waals surface area contributed by atoms with Gasteiger partial charge in [-0.05, 0) is 5.56 Å². The number of carbonyl (C=O) groups excluding carboxylic acids is 1. The second kappa shape index (κ2) is 4.15. The van der Waals surface area contributed by atoms with Gasteiger partial charge >= 0.3 is 0 Å². The van der Waals surface area contributed by atoms with E-state index in [0.29, 0.717) is 12.1 Å². The lowest BCUT2D eigenvalue weighted by Crippen LogP contribution is -2.03. The van der Waals surface area contributed by atoms with E-state index in [1.54, 1.807) is 10.9 Å². The molecule has 70 valence electrons. The molecular formula is C11H9NOS. The van der Waals surface area contributed by atoms with E-state index in [0.717, 1.165) is 5.56 Å². The number of carbonyl (C=O) groups is 1. The summed E-state index contributed by atoms with van der Waals surface area (Å²) in [5.74, 6) is 0.0810. The SMILES string of the molecule is O=C(Cc1ccccc1)c1cscn1. The van der Waals surface area contributed by atoms with E-state index < -0.39 is 0 Å². The molecule has 2 rings (SSSR count). The molecule has 1 heterocycles. The minimum atomic E-state index is 0.0810. The Labute approximate surface area is 86.2 Å². The van der Waals surface area contributed by atoms with Crippen LogP contribution in [0, 0.1) is 0 Å². The summed E-state index contributed by atoms with van der Waals surface area (Å²) in [7, 11) is 0. The van der Waals surface area contributed by atoms with Gasteiger partial charge in [0, 0.05) is 11.8 Å². The fraction of sp³-hybridized carbons (Fsp3) is 0.0909. The van der Waals surface area contributed by atoms with Crippen molar-refractivity contribution < 1.29 is 4.79 Å². The summed E-state index contributed by atoms with van der Waals surface area (Å²) in [6, 6.07) is 9.71. The fourth-order valence-electron chi connectivity index (χ4n) is 1.22. The summed E-state index contributed by atoms with van der Waals surface area (Å²) >= 11 is 1.45. The van der Waals surface area contributed by atoms with E-state index in [1.807, 2.05) is 30.3 Å². The van der Waals surface area contributed by atoms with E-state index >= 15 is 0 Å². The standard InChI is InChI=1S/C11H9NOS/c13-11(10-7-14-8-12-10)6-9-4-2-1-3-5-9/h1-5,7-8H,6H2. The highest BCUT2D eigenvalue weighted by Gasteiger charge is 2.07. The third-order valence-electron chi connectivity index (χ3n) is 1.93. The largest absolute Gasteiger partial charge is 0.292 e. The highest BCUT2D eigenvalue weighted by Crippen LogP contribution is 2.07. The second-order valence-electron chi connectivity index (χ2n) is 2.96. The Morgan fingerprint density at radius 2 is 2.07 bits per heavy atom.